The van der Waals surface area contributed by atoms with Gasteiger partial charge in [0.25, 0.3) is 0 Å². The van der Waals surface area contributed by atoms with E-state index in [0.29, 0.717) is 11.1 Å². The van der Waals surface area contributed by atoms with Gasteiger partial charge in [0.1, 0.15) is 5.76 Å². The average Bonchev–Trinajstić information content (AvgIpc) is 2.73. The fourth-order valence-electron chi connectivity index (χ4n) is 1.56. The van der Waals surface area contributed by atoms with Crippen molar-refractivity contribution >= 4 is 31.9 Å². The van der Waals surface area contributed by atoms with E-state index >= 15 is 0 Å². The minimum absolute atomic E-state index is 0.0719. The smallest absolute Gasteiger partial charge is 0.169 e. The largest absolute Gasteiger partial charge is 0.453 e. The number of nitrogens with two attached hydrogens (primary N) is 1. The Bertz CT molecular complexity index is 501. The topological polar surface area (TPSA) is 64.1 Å². The number of aromatic nitrogens is 1. The maximum atomic E-state index is 5.54. The summed E-state index contributed by atoms with van der Waals surface area (Å²) < 4.78 is 7.13. The highest BCUT2D eigenvalue weighted by Gasteiger charge is 2.14. The summed E-state index contributed by atoms with van der Waals surface area (Å²) in [7, 11) is 0. The zero-order valence-corrected chi connectivity index (χ0v) is 12.0. The number of nitrogens with zero attached hydrogens (tertiary/aromatic N) is 1. The molecular formula is C11H11Br2N3O. The molecule has 0 bridgehead atoms. The van der Waals surface area contributed by atoms with Crippen LogP contribution in [0, 0.1) is 0 Å². The van der Waals surface area contributed by atoms with Gasteiger partial charge in [0.05, 0.1) is 6.04 Å². The van der Waals surface area contributed by atoms with E-state index in [4.69, 9.17) is 10.3 Å². The second-order valence-corrected chi connectivity index (χ2v) is 5.27. The molecule has 0 aliphatic heterocycles. The maximum Gasteiger partial charge on any atom is 0.169 e. The van der Waals surface area contributed by atoms with Crippen molar-refractivity contribution in [1.29, 1.82) is 0 Å². The summed E-state index contributed by atoms with van der Waals surface area (Å²) in [4.78, 5) is 4.12. The minimum Gasteiger partial charge on any atom is -0.453 e. The van der Waals surface area contributed by atoms with Crippen molar-refractivity contribution in [2.24, 2.45) is 5.84 Å². The molecule has 0 aliphatic rings. The van der Waals surface area contributed by atoms with Gasteiger partial charge in [-0.2, -0.15) is 0 Å². The normalized spacial score (nSPS) is 12.6. The molecule has 1 atom stereocenters. The van der Waals surface area contributed by atoms with Gasteiger partial charge < -0.3 is 4.42 Å². The predicted molar refractivity (Wildman–Crippen MR) is 72.1 cm³/mol. The van der Waals surface area contributed by atoms with Gasteiger partial charge in [0.2, 0.25) is 0 Å². The number of furan rings is 1. The summed E-state index contributed by atoms with van der Waals surface area (Å²) in [6.45, 7) is 0. The minimum atomic E-state index is -0.0719. The Morgan fingerprint density at radius 2 is 2.18 bits per heavy atom. The molecule has 0 saturated carbocycles. The summed E-state index contributed by atoms with van der Waals surface area (Å²) in [5.41, 5.74) is 3.82. The Labute approximate surface area is 116 Å². The number of hydrogen-bond donors (Lipinski definition) is 2. The second kappa shape index (κ2) is 5.77. The van der Waals surface area contributed by atoms with Crippen molar-refractivity contribution in [2.75, 3.05) is 0 Å². The van der Waals surface area contributed by atoms with Gasteiger partial charge >= 0.3 is 0 Å². The third-order valence-electron chi connectivity index (χ3n) is 2.34. The van der Waals surface area contributed by atoms with Crippen LogP contribution in [0.25, 0.3) is 0 Å². The van der Waals surface area contributed by atoms with Crippen LogP contribution in [0.5, 0.6) is 0 Å². The first-order chi connectivity index (χ1) is 8.19. The zero-order valence-electron chi connectivity index (χ0n) is 8.86. The van der Waals surface area contributed by atoms with Gasteiger partial charge in [-0.3, -0.25) is 10.8 Å². The number of halogens is 2. The Hall–Kier alpha value is -0.690. The van der Waals surface area contributed by atoms with E-state index in [2.05, 4.69) is 42.3 Å². The van der Waals surface area contributed by atoms with Crippen LogP contribution >= 0.6 is 31.9 Å². The van der Waals surface area contributed by atoms with Crippen molar-refractivity contribution in [3.8, 4) is 0 Å². The van der Waals surface area contributed by atoms with Gasteiger partial charge in [-0.25, -0.2) is 5.43 Å². The first-order valence-corrected chi connectivity index (χ1v) is 6.58. The number of nitrogens with one attached hydrogen (secondary N) is 1. The van der Waals surface area contributed by atoms with E-state index in [-0.39, 0.29) is 6.04 Å². The van der Waals surface area contributed by atoms with Gasteiger partial charge in [-0.15, -0.1) is 0 Å². The molecule has 4 nitrogen and oxygen atoms in total. The van der Waals surface area contributed by atoms with Gasteiger partial charge in [0, 0.05) is 16.9 Å². The molecule has 2 heterocycles. The SMILES string of the molecule is NNC(Cc1cncc(Br)c1)c1ccc(Br)o1. The van der Waals surface area contributed by atoms with Crippen molar-refractivity contribution in [3.63, 3.8) is 0 Å². The van der Waals surface area contributed by atoms with E-state index in [9.17, 15) is 0 Å². The van der Waals surface area contributed by atoms with E-state index < -0.39 is 0 Å². The van der Waals surface area contributed by atoms with Crippen molar-refractivity contribution in [3.05, 3.63) is 51.1 Å². The molecule has 0 radical (unpaired) electrons. The highest BCUT2D eigenvalue weighted by molar-refractivity contribution is 9.10. The van der Waals surface area contributed by atoms with E-state index in [0.717, 1.165) is 15.8 Å². The lowest BCUT2D eigenvalue weighted by Crippen LogP contribution is -2.29. The summed E-state index contributed by atoms with van der Waals surface area (Å²) in [5, 5.41) is 0. The average molecular weight is 361 g/mol. The molecule has 2 rings (SSSR count). The van der Waals surface area contributed by atoms with Crippen molar-refractivity contribution in [2.45, 2.75) is 12.5 Å². The van der Waals surface area contributed by atoms with Gasteiger partial charge in [-0.05, 0) is 62.0 Å². The first kappa shape index (κ1) is 12.8. The fourth-order valence-corrected chi connectivity index (χ4v) is 2.29. The lowest BCUT2D eigenvalue weighted by molar-refractivity contribution is 0.404. The third-order valence-corrected chi connectivity index (χ3v) is 3.20. The van der Waals surface area contributed by atoms with Crippen LogP contribution in [0.1, 0.15) is 17.4 Å². The Balaban J connectivity index is 2.15. The van der Waals surface area contributed by atoms with E-state index in [1.54, 1.807) is 6.20 Å². The summed E-state index contributed by atoms with van der Waals surface area (Å²) >= 11 is 6.66. The Kier molecular flexibility index (Phi) is 4.33. The molecule has 2 aromatic heterocycles. The number of hydrazine groups is 1. The summed E-state index contributed by atoms with van der Waals surface area (Å²) in [6, 6.07) is 5.67. The summed E-state index contributed by atoms with van der Waals surface area (Å²) in [5.74, 6) is 6.33. The van der Waals surface area contributed by atoms with E-state index in [1.807, 2.05) is 24.4 Å². The number of pyridine rings is 1. The molecule has 1 unspecified atom stereocenters. The zero-order chi connectivity index (χ0) is 12.3. The Morgan fingerprint density at radius 3 is 2.76 bits per heavy atom. The molecule has 0 amide bonds. The molecular weight excluding hydrogens is 350 g/mol. The Morgan fingerprint density at radius 1 is 1.35 bits per heavy atom. The van der Waals surface area contributed by atoms with Crippen LogP contribution < -0.4 is 11.3 Å². The predicted octanol–water partition coefficient (Wildman–Crippen LogP) is 2.95. The highest BCUT2D eigenvalue weighted by Crippen LogP contribution is 2.23. The second-order valence-electron chi connectivity index (χ2n) is 3.58. The van der Waals surface area contributed by atoms with Crippen LogP contribution in [-0.2, 0) is 6.42 Å². The third kappa shape index (κ3) is 3.38. The lowest BCUT2D eigenvalue weighted by atomic mass is 10.1. The fraction of sp³-hybridized carbons (Fsp3) is 0.182. The standard InChI is InChI=1S/C11H11Br2N3O/c12-8-3-7(5-15-6-8)4-9(16-14)10-1-2-11(13)17-10/h1-3,5-6,9,16H,4,14H2. The van der Waals surface area contributed by atoms with Crippen LogP contribution in [0.4, 0.5) is 0 Å². The molecule has 0 spiro atoms. The number of rotatable bonds is 4. The van der Waals surface area contributed by atoms with Crippen LogP contribution in [0.15, 0.2) is 44.2 Å². The van der Waals surface area contributed by atoms with Gasteiger partial charge in [0.15, 0.2) is 4.67 Å². The molecule has 0 aromatic carbocycles. The first-order valence-electron chi connectivity index (χ1n) is 5.00. The van der Waals surface area contributed by atoms with Crippen molar-refractivity contribution < 1.29 is 4.42 Å². The number of hydrogen-bond acceptors (Lipinski definition) is 4. The lowest BCUT2D eigenvalue weighted by Gasteiger charge is -2.13. The molecule has 2 aromatic rings. The molecule has 90 valence electrons. The molecule has 0 saturated heterocycles. The summed E-state index contributed by atoms with van der Waals surface area (Å²) in [6.07, 6.45) is 4.27. The van der Waals surface area contributed by atoms with Crippen LogP contribution in [-0.4, -0.2) is 4.98 Å². The monoisotopic (exact) mass is 359 g/mol. The molecule has 3 N–H and O–H groups in total. The van der Waals surface area contributed by atoms with Crippen LogP contribution in [0.3, 0.4) is 0 Å². The molecule has 17 heavy (non-hydrogen) atoms. The van der Waals surface area contributed by atoms with Gasteiger partial charge in [-0.1, -0.05) is 0 Å². The maximum absolute atomic E-state index is 5.54. The van der Waals surface area contributed by atoms with Crippen LogP contribution in [0.2, 0.25) is 0 Å². The molecule has 6 heteroatoms. The quantitative estimate of drug-likeness (QED) is 0.650. The molecule has 0 aliphatic carbocycles. The molecule has 0 fully saturated rings. The van der Waals surface area contributed by atoms with E-state index in [1.165, 1.54) is 0 Å². The van der Waals surface area contributed by atoms with Crippen molar-refractivity contribution in [1.82, 2.24) is 10.4 Å². The highest BCUT2D eigenvalue weighted by atomic mass is 79.9.